The van der Waals surface area contributed by atoms with E-state index in [1.165, 1.54) is 0 Å². The molecule has 6 heteroatoms. The summed E-state index contributed by atoms with van der Waals surface area (Å²) < 4.78 is 5.54. The second-order valence-electron chi connectivity index (χ2n) is 7.94. The molecule has 0 aromatic carbocycles. The Labute approximate surface area is 174 Å². The van der Waals surface area contributed by atoms with Gasteiger partial charge in [0.15, 0.2) is 0 Å². The zero-order valence-electron chi connectivity index (χ0n) is 17.2. The first-order valence-corrected chi connectivity index (χ1v) is 10.5. The van der Waals surface area contributed by atoms with Gasteiger partial charge in [0, 0.05) is 0 Å². The van der Waals surface area contributed by atoms with E-state index in [4.69, 9.17) is 9.52 Å². The monoisotopic (exact) mass is 400 g/mol. The molecule has 3 N–H and O–H groups in total. The number of furan rings is 1. The van der Waals surface area contributed by atoms with Crippen LogP contribution in [0.3, 0.4) is 0 Å². The third-order valence-electron chi connectivity index (χ3n) is 5.67. The Bertz CT molecular complexity index is 708. The number of allylic oxidation sites excluding steroid dienone is 3. The van der Waals surface area contributed by atoms with Crippen molar-refractivity contribution in [2.24, 2.45) is 17.8 Å². The molecule has 1 unspecified atom stereocenters. The number of carboxylic acid groups (broad SMARTS) is 1. The fraction of sp³-hybridized carbons (Fsp3) is 0.565. The van der Waals surface area contributed by atoms with Gasteiger partial charge in [-0.3, -0.25) is 0 Å². The molecule has 1 heterocycles. The minimum absolute atomic E-state index is 0.0740. The van der Waals surface area contributed by atoms with Crippen molar-refractivity contribution in [3.63, 3.8) is 0 Å². The normalized spacial score (nSPS) is 25.7. The van der Waals surface area contributed by atoms with Crippen molar-refractivity contribution in [1.29, 1.82) is 0 Å². The zero-order chi connectivity index (χ0) is 21.2. The molecule has 1 aromatic heterocycles. The second-order valence-corrected chi connectivity index (χ2v) is 7.94. The number of aliphatic hydroxyl groups excluding tert-OH is 2. The Morgan fingerprint density at radius 1 is 1.38 bits per heavy atom. The predicted molar refractivity (Wildman–Crippen MR) is 116 cm³/mol. The molecule has 1 aromatic rings. The number of rotatable bonds is 12. The van der Waals surface area contributed by atoms with E-state index in [1.807, 2.05) is 49.3 Å². The summed E-state index contributed by atoms with van der Waals surface area (Å²) in [4.78, 5) is 10.6. The van der Waals surface area contributed by atoms with Gasteiger partial charge in [-0.05, 0) is 0 Å². The summed E-state index contributed by atoms with van der Waals surface area (Å²) >= 11 is 0. The molecule has 1 aliphatic rings. The van der Waals surface area contributed by atoms with Gasteiger partial charge in [0.25, 0.3) is 0 Å². The summed E-state index contributed by atoms with van der Waals surface area (Å²) in [6.45, 7) is 1.90. The fourth-order valence-corrected chi connectivity index (χ4v) is 4.04. The van der Waals surface area contributed by atoms with Crippen LogP contribution in [0, 0.1) is 24.7 Å². The number of unbranched alkanes of at least 4 members (excludes halogenated alkanes) is 1. The first kappa shape index (κ1) is 23.4. The van der Waals surface area contributed by atoms with Gasteiger partial charge >= 0.3 is 174 Å². The van der Waals surface area contributed by atoms with Crippen LogP contribution in [0.5, 0.6) is 0 Å². The number of aliphatic carboxylic acids is 1. The van der Waals surface area contributed by atoms with Crippen LogP contribution in [0.25, 0.3) is 0 Å². The van der Waals surface area contributed by atoms with Crippen LogP contribution in [-0.2, 0) is 11.2 Å². The molecule has 5 nitrogen and oxygen atoms in total. The Kier molecular flexibility index (Phi) is 9.62. The minimum atomic E-state index is -0.774. The SMILES string of the molecule is B=C[C@@H]1CC(O)[C@H](C/C=C\CCCC(=O)O)[C@H]1/C=C/[C@@H](O)CCc1ccc(C)o1. The first-order chi connectivity index (χ1) is 13.9. The van der Waals surface area contributed by atoms with Crippen molar-refractivity contribution < 1.29 is 24.5 Å². The van der Waals surface area contributed by atoms with Crippen molar-refractivity contribution in [3.05, 3.63) is 48.0 Å². The van der Waals surface area contributed by atoms with Crippen LogP contribution in [0.15, 0.2) is 40.9 Å². The average molecular weight is 400 g/mol. The van der Waals surface area contributed by atoms with Crippen LogP contribution in [0.1, 0.15) is 50.0 Å². The molecular weight excluding hydrogens is 367 g/mol. The standard InChI is InChI=1S/C23H33BO5/c1-16-8-11-19(29-16)12-9-18(25)10-13-20-17(15-24)14-22(26)21(20)6-4-2-3-5-7-23(27)28/h2,4,8,10-11,13,15,17-18,20-22,24-26H,3,5-7,9,12,14H2,1H3,(H,27,28)/b4-2-,13-10+/t17-,18-,20-,21+,22?/m0/s1. The van der Waals surface area contributed by atoms with Crippen LogP contribution < -0.4 is 0 Å². The summed E-state index contributed by atoms with van der Waals surface area (Å²) in [6, 6.07) is 3.86. The molecular formula is C23H33BO5. The molecule has 1 aliphatic carbocycles. The van der Waals surface area contributed by atoms with Gasteiger partial charge in [-0.1, -0.05) is 0 Å². The van der Waals surface area contributed by atoms with Crippen LogP contribution in [-0.4, -0.2) is 47.0 Å². The van der Waals surface area contributed by atoms with E-state index in [0.717, 1.165) is 24.4 Å². The van der Waals surface area contributed by atoms with Gasteiger partial charge in [-0.2, -0.15) is 0 Å². The number of hydrogen-bond acceptors (Lipinski definition) is 4. The fourth-order valence-electron chi connectivity index (χ4n) is 4.04. The number of carbonyl (C=O) groups is 1. The third-order valence-corrected chi connectivity index (χ3v) is 5.67. The second kappa shape index (κ2) is 11.9. The number of aryl methyl sites for hydroxylation is 2. The Hall–Kier alpha value is -1.92. The summed E-state index contributed by atoms with van der Waals surface area (Å²) in [7, 11) is 3.91. The van der Waals surface area contributed by atoms with E-state index < -0.39 is 18.2 Å². The van der Waals surface area contributed by atoms with E-state index in [9.17, 15) is 15.0 Å². The molecule has 1 saturated carbocycles. The molecule has 2 rings (SSSR count). The van der Waals surface area contributed by atoms with Gasteiger partial charge in [0.05, 0.1) is 0 Å². The summed E-state index contributed by atoms with van der Waals surface area (Å²) in [6.07, 6.45) is 11.1. The molecule has 1 fully saturated rings. The van der Waals surface area contributed by atoms with E-state index in [1.54, 1.807) is 0 Å². The van der Waals surface area contributed by atoms with E-state index >= 15 is 0 Å². The van der Waals surface area contributed by atoms with Gasteiger partial charge in [-0.25, -0.2) is 0 Å². The topological polar surface area (TPSA) is 90.9 Å². The molecule has 29 heavy (non-hydrogen) atoms. The van der Waals surface area contributed by atoms with Gasteiger partial charge in [0.2, 0.25) is 0 Å². The van der Waals surface area contributed by atoms with E-state index in [-0.39, 0.29) is 24.2 Å². The van der Waals surface area contributed by atoms with Gasteiger partial charge in [0.1, 0.15) is 0 Å². The van der Waals surface area contributed by atoms with Crippen molar-refractivity contribution in [3.8, 4) is 0 Å². The quantitative estimate of drug-likeness (QED) is 0.285. The third kappa shape index (κ3) is 7.79. The maximum atomic E-state index is 10.6. The van der Waals surface area contributed by atoms with Crippen LogP contribution in [0.2, 0.25) is 0 Å². The molecule has 0 saturated heterocycles. The van der Waals surface area contributed by atoms with E-state index in [2.05, 4.69) is 7.49 Å². The number of hydrogen-bond donors (Lipinski definition) is 3. The van der Waals surface area contributed by atoms with Gasteiger partial charge in [-0.15, -0.1) is 0 Å². The van der Waals surface area contributed by atoms with Crippen molar-refractivity contribution >= 4 is 19.4 Å². The number of aliphatic hydroxyl groups is 2. The van der Waals surface area contributed by atoms with E-state index in [0.29, 0.717) is 25.7 Å². The Balaban J connectivity index is 1.87. The van der Waals surface area contributed by atoms with Crippen molar-refractivity contribution in [2.45, 2.75) is 64.1 Å². The van der Waals surface area contributed by atoms with Crippen molar-refractivity contribution in [2.75, 3.05) is 0 Å². The Morgan fingerprint density at radius 2 is 2.17 bits per heavy atom. The summed E-state index contributed by atoms with van der Waals surface area (Å²) in [5.74, 6) is 3.26. The number of carboxylic acids is 1. The average Bonchev–Trinajstić information content (AvgIpc) is 3.23. The molecule has 0 amide bonds. The van der Waals surface area contributed by atoms with Gasteiger partial charge < -0.3 is 0 Å². The summed E-state index contributed by atoms with van der Waals surface area (Å²) in [5.41, 5.74) is 0. The van der Waals surface area contributed by atoms with Crippen LogP contribution >= 0.6 is 0 Å². The van der Waals surface area contributed by atoms with Crippen LogP contribution in [0.4, 0.5) is 0 Å². The Morgan fingerprint density at radius 3 is 2.83 bits per heavy atom. The predicted octanol–water partition coefficient (Wildman–Crippen LogP) is 2.96. The molecule has 158 valence electrons. The van der Waals surface area contributed by atoms with Crippen molar-refractivity contribution in [1.82, 2.24) is 0 Å². The zero-order valence-corrected chi connectivity index (χ0v) is 17.2. The molecule has 0 spiro atoms. The molecule has 0 radical (unpaired) electrons. The maximum absolute atomic E-state index is 10.6. The molecule has 0 bridgehead atoms. The summed E-state index contributed by atoms with van der Waals surface area (Å²) in [5, 5.41) is 29.5. The molecule has 0 aliphatic heterocycles. The molecule has 5 atom stereocenters. The first-order valence-electron chi connectivity index (χ1n) is 10.5.